The number of benzene rings is 1. The molecule has 1 aromatic carbocycles. The average Bonchev–Trinajstić information content (AvgIpc) is 2.63. The van der Waals surface area contributed by atoms with Crippen molar-refractivity contribution in [1.82, 2.24) is 10.2 Å². The van der Waals surface area contributed by atoms with E-state index in [-0.39, 0.29) is 6.03 Å². The number of nitrogens with zero attached hydrogens (tertiary/aromatic N) is 1. The second kappa shape index (κ2) is 4.13. The molecule has 2 rings (SSSR count). The first-order valence-electron chi connectivity index (χ1n) is 4.93. The van der Waals surface area contributed by atoms with Crippen LogP contribution in [0.2, 0.25) is 0 Å². The fourth-order valence-corrected chi connectivity index (χ4v) is 1.63. The average molecular weight is 190 g/mol. The Labute approximate surface area is 83.7 Å². The molecule has 1 heterocycles. The van der Waals surface area contributed by atoms with Crippen LogP contribution in [0.1, 0.15) is 5.56 Å². The molecule has 3 nitrogen and oxygen atoms in total. The van der Waals surface area contributed by atoms with Gasteiger partial charge in [0.15, 0.2) is 0 Å². The maximum absolute atomic E-state index is 11.2. The third-order valence-electron chi connectivity index (χ3n) is 2.46. The second-order valence-electron chi connectivity index (χ2n) is 3.45. The van der Waals surface area contributed by atoms with E-state index < -0.39 is 0 Å². The molecule has 1 aromatic rings. The lowest BCUT2D eigenvalue weighted by molar-refractivity contribution is 0.218. The third-order valence-corrected chi connectivity index (χ3v) is 2.46. The van der Waals surface area contributed by atoms with Crippen molar-refractivity contribution in [2.45, 2.75) is 6.42 Å². The van der Waals surface area contributed by atoms with Crippen LogP contribution in [0.15, 0.2) is 30.3 Å². The summed E-state index contributed by atoms with van der Waals surface area (Å²) in [5.74, 6) is 0. The van der Waals surface area contributed by atoms with Gasteiger partial charge < -0.3 is 10.2 Å². The van der Waals surface area contributed by atoms with Crippen LogP contribution in [0.4, 0.5) is 4.79 Å². The van der Waals surface area contributed by atoms with Crippen LogP contribution in [0.3, 0.4) is 0 Å². The van der Waals surface area contributed by atoms with E-state index in [1.807, 2.05) is 23.1 Å². The van der Waals surface area contributed by atoms with Crippen molar-refractivity contribution in [3.63, 3.8) is 0 Å². The van der Waals surface area contributed by atoms with E-state index >= 15 is 0 Å². The van der Waals surface area contributed by atoms with Crippen LogP contribution in [0.25, 0.3) is 0 Å². The van der Waals surface area contributed by atoms with Gasteiger partial charge in [0.25, 0.3) is 0 Å². The number of urea groups is 1. The van der Waals surface area contributed by atoms with Crippen molar-refractivity contribution >= 4 is 6.03 Å². The first kappa shape index (κ1) is 9.06. The van der Waals surface area contributed by atoms with Crippen LogP contribution in [0.5, 0.6) is 0 Å². The summed E-state index contributed by atoms with van der Waals surface area (Å²) in [6, 6.07) is 10.3. The molecule has 0 saturated carbocycles. The number of hydrogen-bond donors (Lipinski definition) is 1. The molecule has 2 amide bonds. The van der Waals surface area contributed by atoms with E-state index in [2.05, 4.69) is 17.4 Å². The van der Waals surface area contributed by atoms with Gasteiger partial charge in [-0.1, -0.05) is 30.3 Å². The zero-order chi connectivity index (χ0) is 9.80. The summed E-state index contributed by atoms with van der Waals surface area (Å²) in [4.78, 5) is 13.1. The molecule has 0 unspecified atom stereocenters. The zero-order valence-corrected chi connectivity index (χ0v) is 8.07. The van der Waals surface area contributed by atoms with Crippen LogP contribution in [-0.2, 0) is 6.42 Å². The fraction of sp³-hybridized carbons (Fsp3) is 0.364. The highest BCUT2D eigenvalue weighted by molar-refractivity contribution is 5.76. The summed E-state index contributed by atoms with van der Waals surface area (Å²) in [6.45, 7) is 2.44. The van der Waals surface area contributed by atoms with Crippen LogP contribution < -0.4 is 5.32 Å². The molecule has 0 radical (unpaired) electrons. The molecule has 0 aliphatic carbocycles. The van der Waals surface area contributed by atoms with Crippen LogP contribution in [-0.4, -0.2) is 30.6 Å². The Morgan fingerprint density at radius 3 is 2.71 bits per heavy atom. The first-order chi connectivity index (χ1) is 6.86. The topological polar surface area (TPSA) is 32.3 Å². The summed E-state index contributed by atoms with van der Waals surface area (Å²) in [5.41, 5.74) is 1.28. The lowest BCUT2D eigenvalue weighted by Crippen LogP contribution is -2.29. The summed E-state index contributed by atoms with van der Waals surface area (Å²) < 4.78 is 0. The molecule has 1 saturated heterocycles. The van der Waals surface area contributed by atoms with Gasteiger partial charge in [-0.3, -0.25) is 0 Å². The van der Waals surface area contributed by atoms with Gasteiger partial charge in [-0.2, -0.15) is 0 Å². The monoisotopic (exact) mass is 190 g/mol. The largest absolute Gasteiger partial charge is 0.336 e. The normalized spacial score (nSPS) is 15.7. The van der Waals surface area contributed by atoms with Gasteiger partial charge in [-0.05, 0) is 12.0 Å². The predicted molar refractivity (Wildman–Crippen MR) is 55.1 cm³/mol. The Morgan fingerprint density at radius 2 is 2.07 bits per heavy atom. The molecule has 0 aromatic heterocycles. The smallest absolute Gasteiger partial charge is 0.317 e. The maximum Gasteiger partial charge on any atom is 0.317 e. The molecular formula is C11H14N2O. The summed E-state index contributed by atoms with van der Waals surface area (Å²) in [5, 5.41) is 2.79. The van der Waals surface area contributed by atoms with Crippen molar-refractivity contribution in [2.75, 3.05) is 19.6 Å². The molecule has 1 N–H and O–H groups in total. The van der Waals surface area contributed by atoms with Crippen molar-refractivity contribution in [3.8, 4) is 0 Å². The highest BCUT2D eigenvalue weighted by Crippen LogP contribution is 2.03. The van der Waals surface area contributed by atoms with E-state index in [0.29, 0.717) is 0 Å². The second-order valence-corrected chi connectivity index (χ2v) is 3.45. The zero-order valence-electron chi connectivity index (χ0n) is 8.07. The first-order valence-corrected chi connectivity index (χ1v) is 4.93. The van der Waals surface area contributed by atoms with Crippen molar-refractivity contribution in [2.24, 2.45) is 0 Å². The standard InChI is InChI=1S/C11H14N2O/c14-11-12-7-9-13(11)8-6-10-4-2-1-3-5-10/h1-5H,6-9H2,(H,12,14). The Bertz CT molecular complexity index is 310. The van der Waals surface area contributed by atoms with Gasteiger partial charge in [-0.15, -0.1) is 0 Å². The minimum absolute atomic E-state index is 0.0703. The molecule has 14 heavy (non-hydrogen) atoms. The maximum atomic E-state index is 11.2. The number of rotatable bonds is 3. The number of carbonyl (C=O) groups excluding carboxylic acids is 1. The van der Waals surface area contributed by atoms with Crippen molar-refractivity contribution in [3.05, 3.63) is 35.9 Å². The highest BCUT2D eigenvalue weighted by Gasteiger charge is 2.18. The molecule has 74 valence electrons. The van der Waals surface area contributed by atoms with E-state index in [0.717, 1.165) is 26.1 Å². The third kappa shape index (κ3) is 2.05. The van der Waals surface area contributed by atoms with Gasteiger partial charge in [0.05, 0.1) is 0 Å². The fourth-order valence-electron chi connectivity index (χ4n) is 1.63. The molecular weight excluding hydrogens is 176 g/mol. The number of hydrogen-bond acceptors (Lipinski definition) is 1. The number of amides is 2. The van der Waals surface area contributed by atoms with Gasteiger partial charge in [-0.25, -0.2) is 4.79 Å². The molecule has 0 bridgehead atoms. The summed E-state index contributed by atoms with van der Waals surface area (Å²) in [7, 11) is 0. The van der Waals surface area contributed by atoms with Gasteiger partial charge in [0.1, 0.15) is 0 Å². The van der Waals surface area contributed by atoms with E-state index in [4.69, 9.17) is 0 Å². The summed E-state index contributed by atoms with van der Waals surface area (Å²) >= 11 is 0. The molecule has 3 heteroatoms. The lowest BCUT2D eigenvalue weighted by atomic mass is 10.1. The quantitative estimate of drug-likeness (QED) is 0.764. The Kier molecular flexibility index (Phi) is 2.68. The van der Waals surface area contributed by atoms with Crippen molar-refractivity contribution < 1.29 is 4.79 Å². The lowest BCUT2D eigenvalue weighted by Gasteiger charge is -2.13. The number of carbonyl (C=O) groups is 1. The number of nitrogens with one attached hydrogen (secondary N) is 1. The molecule has 1 fully saturated rings. The van der Waals surface area contributed by atoms with E-state index in [1.165, 1.54) is 5.56 Å². The van der Waals surface area contributed by atoms with Gasteiger partial charge in [0.2, 0.25) is 0 Å². The van der Waals surface area contributed by atoms with E-state index in [9.17, 15) is 4.79 Å². The summed E-state index contributed by atoms with van der Waals surface area (Å²) in [6.07, 6.45) is 0.939. The van der Waals surface area contributed by atoms with Gasteiger partial charge in [0, 0.05) is 19.6 Å². The minimum atomic E-state index is 0.0703. The Morgan fingerprint density at radius 1 is 1.29 bits per heavy atom. The highest BCUT2D eigenvalue weighted by atomic mass is 16.2. The van der Waals surface area contributed by atoms with Crippen molar-refractivity contribution in [1.29, 1.82) is 0 Å². The van der Waals surface area contributed by atoms with Gasteiger partial charge >= 0.3 is 6.03 Å². The minimum Gasteiger partial charge on any atom is -0.336 e. The molecule has 1 aliphatic heterocycles. The van der Waals surface area contributed by atoms with Crippen LogP contribution >= 0.6 is 0 Å². The van der Waals surface area contributed by atoms with E-state index in [1.54, 1.807) is 0 Å². The Balaban J connectivity index is 1.85. The SMILES string of the molecule is O=C1NCCN1CCc1ccccc1. The van der Waals surface area contributed by atoms with Crippen LogP contribution in [0, 0.1) is 0 Å². The Hall–Kier alpha value is -1.51. The molecule has 0 spiro atoms. The predicted octanol–water partition coefficient (Wildman–Crippen LogP) is 1.25. The molecule has 0 atom stereocenters. The molecule has 1 aliphatic rings.